The van der Waals surface area contributed by atoms with Gasteiger partial charge in [0.2, 0.25) is 0 Å². The van der Waals surface area contributed by atoms with Crippen molar-refractivity contribution >= 4 is 16.6 Å². The maximum Gasteiger partial charge on any atom is 0.253 e. The average molecular weight is 538 g/mol. The second-order valence-corrected chi connectivity index (χ2v) is 10.5. The van der Waals surface area contributed by atoms with Crippen molar-refractivity contribution in [2.24, 2.45) is 0 Å². The van der Waals surface area contributed by atoms with Gasteiger partial charge in [0.15, 0.2) is 5.82 Å². The molecule has 6 rings (SSSR count). The zero-order valence-corrected chi connectivity index (χ0v) is 22.7. The Balaban J connectivity index is 1.37. The Hall–Kier alpha value is -4.37. The van der Waals surface area contributed by atoms with Crippen molar-refractivity contribution in [3.05, 3.63) is 117 Å². The van der Waals surface area contributed by atoms with E-state index in [9.17, 15) is 9.18 Å². The lowest BCUT2D eigenvalue weighted by molar-refractivity contribution is 0.199. The summed E-state index contributed by atoms with van der Waals surface area (Å²) in [6, 6.07) is 22.8. The smallest absolute Gasteiger partial charge is 0.253 e. The third-order valence-electron chi connectivity index (χ3n) is 7.75. The number of hydrogen-bond acceptors (Lipinski definition) is 6. The van der Waals surface area contributed by atoms with E-state index in [0.29, 0.717) is 49.8 Å². The highest BCUT2D eigenvalue weighted by Crippen LogP contribution is 2.30. The van der Waals surface area contributed by atoms with E-state index in [4.69, 9.17) is 0 Å². The molecule has 1 N–H and O–H groups in total. The number of para-hydroxylation sites is 1. The van der Waals surface area contributed by atoms with Gasteiger partial charge in [0, 0.05) is 38.3 Å². The summed E-state index contributed by atoms with van der Waals surface area (Å²) in [5.41, 5.74) is 5.24. The molecule has 0 spiro atoms. The van der Waals surface area contributed by atoms with E-state index < -0.39 is 6.04 Å². The van der Waals surface area contributed by atoms with Crippen LogP contribution in [0.1, 0.15) is 34.1 Å². The molecular weight excluding hydrogens is 505 g/mol. The molecule has 9 heteroatoms. The third-order valence-corrected chi connectivity index (χ3v) is 7.75. The molecule has 3 heterocycles. The molecule has 0 unspecified atom stereocenters. The van der Waals surface area contributed by atoms with Crippen LogP contribution in [0.5, 0.6) is 0 Å². The van der Waals surface area contributed by atoms with Crippen LogP contribution in [0.25, 0.3) is 10.9 Å². The molecule has 3 aromatic carbocycles. The SMILES string of the molecule is Cc1cc(C)c2[nH]c(=O)c([C@H](c3nnnn3CCc3ccccc3)N3CCN(c4ccccc4F)CC3)cc2c1. The number of aromatic amines is 1. The number of anilines is 1. The van der Waals surface area contributed by atoms with Crippen molar-refractivity contribution in [2.45, 2.75) is 32.9 Å². The minimum atomic E-state index is -0.456. The molecule has 0 saturated carbocycles. The lowest BCUT2D eigenvalue weighted by atomic mass is 10.00. The minimum absolute atomic E-state index is 0.154. The number of piperazine rings is 1. The summed E-state index contributed by atoms with van der Waals surface area (Å²) in [5.74, 6) is 0.401. The Morgan fingerprint density at radius 2 is 1.70 bits per heavy atom. The van der Waals surface area contributed by atoms with Gasteiger partial charge in [0.05, 0.1) is 11.2 Å². The molecule has 2 aromatic heterocycles. The number of nitrogens with one attached hydrogen (secondary N) is 1. The maximum absolute atomic E-state index is 14.5. The van der Waals surface area contributed by atoms with Crippen molar-refractivity contribution in [3.63, 3.8) is 0 Å². The fraction of sp³-hybridized carbons (Fsp3) is 0.290. The Labute approximate surface area is 232 Å². The second kappa shape index (κ2) is 11.0. The van der Waals surface area contributed by atoms with Gasteiger partial charge in [-0.1, -0.05) is 54.1 Å². The van der Waals surface area contributed by atoms with Gasteiger partial charge in [0.1, 0.15) is 11.9 Å². The van der Waals surface area contributed by atoms with E-state index in [1.54, 1.807) is 6.07 Å². The fourth-order valence-electron chi connectivity index (χ4n) is 5.78. The van der Waals surface area contributed by atoms with Crippen LogP contribution in [-0.4, -0.2) is 56.3 Å². The van der Waals surface area contributed by atoms with E-state index in [0.717, 1.165) is 28.5 Å². The topological polar surface area (TPSA) is 82.9 Å². The number of aromatic nitrogens is 5. The highest BCUT2D eigenvalue weighted by Gasteiger charge is 2.33. The molecule has 0 amide bonds. The number of rotatable bonds is 7. The summed E-state index contributed by atoms with van der Waals surface area (Å²) in [6.07, 6.45) is 0.763. The van der Waals surface area contributed by atoms with Crippen molar-refractivity contribution in [3.8, 4) is 0 Å². The zero-order chi connectivity index (χ0) is 27.6. The number of H-pyrrole nitrogens is 1. The lowest BCUT2D eigenvalue weighted by Crippen LogP contribution is -2.49. The first-order chi connectivity index (χ1) is 19.5. The van der Waals surface area contributed by atoms with Crippen molar-refractivity contribution in [1.29, 1.82) is 0 Å². The molecule has 40 heavy (non-hydrogen) atoms. The molecule has 5 aromatic rings. The summed E-state index contributed by atoms with van der Waals surface area (Å²) < 4.78 is 16.3. The molecular formula is C31H32FN7O. The average Bonchev–Trinajstić information content (AvgIpc) is 3.42. The van der Waals surface area contributed by atoms with Crippen LogP contribution in [0.4, 0.5) is 10.1 Å². The number of halogens is 1. The monoisotopic (exact) mass is 537 g/mol. The number of aryl methyl sites for hydroxylation is 4. The predicted octanol–water partition coefficient (Wildman–Crippen LogP) is 4.42. The number of pyridine rings is 1. The molecule has 0 aliphatic carbocycles. The zero-order valence-electron chi connectivity index (χ0n) is 22.7. The number of nitrogens with zero attached hydrogens (tertiary/aromatic N) is 6. The summed E-state index contributed by atoms with van der Waals surface area (Å²) in [6.45, 7) is 7.13. The van der Waals surface area contributed by atoms with Gasteiger partial charge >= 0.3 is 0 Å². The largest absolute Gasteiger partial charge is 0.367 e. The molecule has 1 aliphatic rings. The standard InChI is InChI=1S/C31H32FN7O/c1-21-18-22(2)28-24(19-21)20-25(31(40)33-28)29(30-34-35-36-39(30)13-12-23-8-4-3-5-9-23)38-16-14-37(15-17-38)27-11-7-6-10-26(27)32/h3-11,18-20,29H,12-17H2,1-2H3,(H,33,40)/t29-/m1/s1. The first-order valence-corrected chi connectivity index (χ1v) is 13.7. The fourth-order valence-corrected chi connectivity index (χ4v) is 5.78. The Kier molecular flexibility index (Phi) is 7.13. The molecule has 1 aliphatic heterocycles. The van der Waals surface area contributed by atoms with Crippen molar-refractivity contribution in [1.82, 2.24) is 30.1 Å². The van der Waals surface area contributed by atoms with Crippen LogP contribution in [0, 0.1) is 19.7 Å². The molecule has 1 atom stereocenters. The van der Waals surface area contributed by atoms with E-state index in [2.05, 4.69) is 61.5 Å². The van der Waals surface area contributed by atoms with Crippen molar-refractivity contribution in [2.75, 3.05) is 31.1 Å². The van der Waals surface area contributed by atoms with Gasteiger partial charge in [-0.3, -0.25) is 9.69 Å². The van der Waals surface area contributed by atoms with Gasteiger partial charge in [0.25, 0.3) is 5.56 Å². The molecule has 0 radical (unpaired) electrons. The van der Waals surface area contributed by atoms with E-state index >= 15 is 0 Å². The predicted molar refractivity (Wildman–Crippen MR) is 154 cm³/mol. The first kappa shape index (κ1) is 25.9. The number of hydrogen-bond donors (Lipinski definition) is 1. The second-order valence-electron chi connectivity index (χ2n) is 10.5. The highest BCUT2D eigenvalue weighted by molar-refractivity contribution is 5.83. The van der Waals surface area contributed by atoms with E-state index in [1.165, 1.54) is 11.6 Å². The van der Waals surface area contributed by atoms with Crippen LogP contribution < -0.4 is 10.5 Å². The summed E-state index contributed by atoms with van der Waals surface area (Å²) >= 11 is 0. The van der Waals surface area contributed by atoms with E-state index in [-0.39, 0.29) is 11.4 Å². The third kappa shape index (κ3) is 5.12. The number of fused-ring (bicyclic) bond motifs is 1. The van der Waals surface area contributed by atoms with Gasteiger partial charge in [-0.15, -0.1) is 5.10 Å². The van der Waals surface area contributed by atoms with Gasteiger partial charge in [-0.2, -0.15) is 0 Å². The molecule has 8 nitrogen and oxygen atoms in total. The summed E-state index contributed by atoms with van der Waals surface area (Å²) in [5, 5.41) is 13.8. The quantitative estimate of drug-likeness (QED) is 0.331. The van der Waals surface area contributed by atoms with Crippen molar-refractivity contribution < 1.29 is 4.39 Å². The molecule has 1 fully saturated rings. The van der Waals surface area contributed by atoms with E-state index in [1.807, 2.05) is 48.0 Å². The van der Waals surface area contributed by atoms with Crippen LogP contribution >= 0.6 is 0 Å². The first-order valence-electron chi connectivity index (χ1n) is 13.7. The van der Waals surface area contributed by atoms with Gasteiger partial charge < -0.3 is 9.88 Å². The Morgan fingerprint density at radius 3 is 2.48 bits per heavy atom. The molecule has 204 valence electrons. The number of tetrazole rings is 1. The lowest BCUT2D eigenvalue weighted by Gasteiger charge is -2.39. The van der Waals surface area contributed by atoms with Gasteiger partial charge in [-0.25, -0.2) is 9.07 Å². The molecule has 0 bridgehead atoms. The van der Waals surface area contributed by atoms with Crippen LogP contribution in [0.2, 0.25) is 0 Å². The summed E-state index contributed by atoms with van der Waals surface area (Å²) in [7, 11) is 0. The summed E-state index contributed by atoms with van der Waals surface area (Å²) in [4.78, 5) is 21.1. The normalized spacial score (nSPS) is 15.0. The van der Waals surface area contributed by atoms with Crippen LogP contribution in [0.15, 0.2) is 77.6 Å². The maximum atomic E-state index is 14.5. The van der Waals surface area contributed by atoms with Gasteiger partial charge in [-0.05, 0) is 71.5 Å². The van der Waals surface area contributed by atoms with Crippen LogP contribution in [-0.2, 0) is 13.0 Å². The highest BCUT2D eigenvalue weighted by atomic mass is 19.1. The Morgan fingerprint density at radius 1 is 0.950 bits per heavy atom. The number of benzene rings is 3. The van der Waals surface area contributed by atoms with Crippen LogP contribution in [0.3, 0.4) is 0 Å². The minimum Gasteiger partial charge on any atom is -0.367 e. The Bertz CT molecular complexity index is 1690. The molecule has 1 saturated heterocycles.